The van der Waals surface area contributed by atoms with Crippen LogP contribution in [0.1, 0.15) is 64.2 Å². The van der Waals surface area contributed by atoms with E-state index < -0.39 is 0 Å². The van der Waals surface area contributed by atoms with Crippen LogP contribution in [-0.4, -0.2) is 30.7 Å². The minimum absolute atomic E-state index is 0.105. The lowest BCUT2D eigenvalue weighted by Crippen LogP contribution is -2.32. The zero-order valence-electron chi connectivity index (χ0n) is 11.7. The van der Waals surface area contributed by atoms with Crippen LogP contribution in [0.25, 0.3) is 0 Å². The molecule has 0 saturated heterocycles. The fourth-order valence-electron chi connectivity index (χ4n) is 2.38. The molecule has 1 amide bonds. The second-order valence-electron chi connectivity index (χ2n) is 5.21. The molecule has 0 bridgehead atoms. The molecule has 4 nitrogen and oxygen atoms in total. The molecule has 0 aromatic carbocycles. The monoisotopic (exact) mass is 256 g/mol. The van der Waals surface area contributed by atoms with Crippen LogP contribution in [0.3, 0.4) is 0 Å². The minimum atomic E-state index is 0.105. The average molecular weight is 256 g/mol. The van der Waals surface area contributed by atoms with E-state index in [4.69, 9.17) is 10.6 Å². The molecule has 2 N–H and O–H groups in total. The Balaban J connectivity index is 2.08. The van der Waals surface area contributed by atoms with Crippen molar-refractivity contribution in [3.63, 3.8) is 0 Å². The first-order chi connectivity index (χ1) is 8.74. The molecule has 1 fully saturated rings. The Morgan fingerprint density at radius 1 is 1.17 bits per heavy atom. The van der Waals surface area contributed by atoms with E-state index in [0.29, 0.717) is 6.42 Å². The van der Waals surface area contributed by atoms with Crippen LogP contribution in [0.4, 0.5) is 0 Å². The van der Waals surface area contributed by atoms with Crippen molar-refractivity contribution in [3.05, 3.63) is 0 Å². The SMILES string of the molecule is CN(OC1CCCCC1)C(=O)CCCCCCN. The highest BCUT2D eigenvalue weighted by Crippen LogP contribution is 2.21. The second kappa shape index (κ2) is 9.34. The van der Waals surface area contributed by atoms with Crippen molar-refractivity contribution in [2.75, 3.05) is 13.6 Å². The van der Waals surface area contributed by atoms with E-state index in [0.717, 1.165) is 45.1 Å². The van der Waals surface area contributed by atoms with Crippen molar-refractivity contribution in [2.24, 2.45) is 5.73 Å². The summed E-state index contributed by atoms with van der Waals surface area (Å²) in [5, 5.41) is 1.46. The first-order valence-electron chi connectivity index (χ1n) is 7.37. The van der Waals surface area contributed by atoms with Crippen LogP contribution in [-0.2, 0) is 9.63 Å². The second-order valence-corrected chi connectivity index (χ2v) is 5.21. The molecule has 0 heterocycles. The molecule has 0 aromatic heterocycles. The summed E-state index contributed by atoms with van der Waals surface area (Å²) in [4.78, 5) is 17.5. The van der Waals surface area contributed by atoms with E-state index in [-0.39, 0.29) is 12.0 Å². The van der Waals surface area contributed by atoms with Gasteiger partial charge in [-0.2, -0.15) is 0 Å². The third kappa shape index (κ3) is 6.36. The fourth-order valence-corrected chi connectivity index (χ4v) is 2.38. The third-order valence-corrected chi connectivity index (χ3v) is 3.56. The molecular weight excluding hydrogens is 228 g/mol. The first-order valence-corrected chi connectivity index (χ1v) is 7.37. The molecule has 1 saturated carbocycles. The predicted octanol–water partition coefficient (Wildman–Crippen LogP) is 2.62. The highest BCUT2D eigenvalue weighted by molar-refractivity contribution is 5.74. The number of hydrogen-bond acceptors (Lipinski definition) is 3. The van der Waals surface area contributed by atoms with Crippen LogP contribution >= 0.6 is 0 Å². The van der Waals surface area contributed by atoms with Gasteiger partial charge in [0.1, 0.15) is 0 Å². The molecule has 0 unspecified atom stereocenters. The maximum absolute atomic E-state index is 11.8. The van der Waals surface area contributed by atoms with Gasteiger partial charge in [-0.25, -0.2) is 5.06 Å². The smallest absolute Gasteiger partial charge is 0.245 e. The topological polar surface area (TPSA) is 55.6 Å². The summed E-state index contributed by atoms with van der Waals surface area (Å²) in [5.41, 5.74) is 5.43. The minimum Gasteiger partial charge on any atom is -0.330 e. The van der Waals surface area contributed by atoms with Gasteiger partial charge in [0.05, 0.1) is 6.10 Å². The van der Waals surface area contributed by atoms with E-state index in [9.17, 15) is 4.79 Å². The van der Waals surface area contributed by atoms with E-state index >= 15 is 0 Å². The summed E-state index contributed by atoms with van der Waals surface area (Å²) >= 11 is 0. The number of carbonyl (C=O) groups is 1. The number of unbranched alkanes of at least 4 members (excludes halogenated alkanes) is 3. The maximum Gasteiger partial charge on any atom is 0.245 e. The Morgan fingerprint density at radius 2 is 1.83 bits per heavy atom. The standard InChI is InChI=1S/C14H28N2O2/c1-16(18-13-9-5-4-6-10-13)14(17)11-7-2-3-8-12-15/h13H,2-12,15H2,1H3. The normalized spacial score (nSPS) is 16.8. The molecule has 18 heavy (non-hydrogen) atoms. The van der Waals surface area contributed by atoms with Gasteiger partial charge in [-0.1, -0.05) is 32.1 Å². The quantitative estimate of drug-likeness (QED) is 0.536. The van der Waals surface area contributed by atoms with Crippen molar-refractivity contribution >= 4 is 5.91 Å². The molecular formula is C14H28N2O2. The molecule has 0 spiro atoms. The van der Waals surface area contributed by atoms with Crippen LogP contribution in [0.5, 0.6) is 0 Å². The van der Waals surface area contributed by atoms with Crippen LogP contribution in [0.15, 0.2) is 0 Å². The Labute approximate surface area is 111 Å². The number of nitrogens with two attached hydrogens (primary N) is 1. The molecule has 1 aliphatic carbocycles. The Hall–Kier alpha value is -0.610. The van der Waals surface area contributed by atoms with Crippen molar-refractivity contribution in [3.8, 4) is 0 Å². The van der Waals surface area contributed by atoms with Gasteiger partial charge in [0, 0.05) is 13.5 Å². The number of nitrogens with zero attached hydrogens (tertiary/aromatic N) is 1. The van der Waals surface area contributed by atoms with Crippen LogP contribution in [0, 0.1) is 0 Å². The molecule has 1 aliphatic rings. The summed E-state index contributed by atoms with van der Waals surface area (Å²) in [6.45, 7) is 0.749. The number of carbonyl (C=O) groups excluding carboxylic acids is 1. The molecule has 0 aromatic rings. The summed E-state index contributed by atoms with van der Waals surface area (Å²) in [6.07, 6.45) is 11.0. The Bertz CT molecular complexity index is 228. The van der Waals surface area contributed by atoms with Gasteiger partial charge >= 0.3 is 0 Å². The van der Waals surface area contributed by atoms with Crippen molar-refractivity contribution in [2.45, 2.75) is 70.3 Å². The first kappa shape index (κ1) is 15.4. The molecule has 0 radical (unpaired) electrons. The Kier molecular flexibility index (Phi) is 8.01. The molecule has 0 atom stereocenters. The van der Waals surface area contributed by atoms with Crippen molar-refractivity contribution < 1.29 is 9.63 Å². The molecule has 106 valence electrons. The average Bonchev–Trinajstić information content (AvgIpc) is 2.39. The summed E-state index contributed by atoms with van der Waals surface area (Å²) in [5.74, 6) is 0.105. The lowest BCUT2D eigenvalue weighted by Gasteiger charge is -2.26. The lowest BCUT2D eigenvalue weighted by atomic mass is 9.98. The highest BCUT2D eigenvalue weighted by Gasteiger charge is 2.18. The van der Waals surface area contributed by atoms with Gasteiger partial charge < -0.3 is 5.73 Å². The summed E-state index contributed by atoms with van der Waals surface area (Å²) in [6, 6.07) is 0. The van der Waals surface area contributed by atoms with E-state index in [2.05, 4.69) is 0 Å². The molecule has 0 aliphatic heterocycles. The number of rotatable bonds is 8. The van der Waals surface area contributed by atoms with Gasteiger partial charge in [0.25, 0.3) is 0 Å². The zero-order chi connectivity index (χ0) is 13.2. The fraction of sp³-hybridized carbons (Fsp3) is 0.929. The van der Waals surface area contributed by atoms with Gasteiger partial charge in [-0.3, -0.25) is 9.63 Å². The van der Waals surface area contributed by atoms with Crippen molar-refractivity contribution in [1.29, 1.82) is 0 Å². The number of hydroxylamine groups is 2. The van der Waals surface area contributed by atoms with E-state index in [1.807, 2.05) is 0 Å². The Morgan fingerprint density at radius 3 is 2.50 bits per heavy atom. The van der Waals surface area contributed by atoms with Gasteiger partial charge in [-0.15, -0.1) is 0 Å². The van der Waals surface area contributed by atoms with E-state index in [1.54, 1.807) is 7.05 Å². The van der Waals surface area contributed by atoms with Gasteiger partial charge in [0.2, 0.25) is 5.91 Å². The van der Waals surface area contributed by atoms with Crippen molar-refractivity contribution in [1.82, 2.24) is 5.06 Å². The van der Waals surface area contributed by atoms with Crippen LogP contribution in [0.2, 0.25) is 0 Å². The van der Waals surface area contributed by atoms with E-state index in [1.165, 1.54) is 24.3 Å². The number of hydrogen-bond donors (Lipinski definition) is 1. The maximum atomic E-state index is 11.8. The molecule has 4 heteroatoms. The largest absolute Gasteiger partial charge is 0.330 e. The zero-order valence-corrected chi connectivity index (χ0v) is 11.7. The predicted molar refractivity (Wildman–Crippen MR) is 72.9 cm³/mol. The van der Waals surface area contributed by atoms with Gasteiger partial charge in [0.15, 0.2) is 0 Å². The third-order valence-electron chi connectivity index (χ3n) is 3.56. The summed E-state index contributed by atoms with van der Waals surface area (Å²) in [7, 11) is 1.75. The van der Waals surface area contributed by atoms with Gasteiger partial charge in [-0.05, 0) is 32.2 Å². The van der Waals surface area contributed by atoms with Crippen LogP contribution < -0.4 is 5.73 Å². The highest BCUT2D eigenvalue weighted by atomic mass is 16.7. The molecule has 1 rings (SSSR count). The summed E-state index contributed by atoms with van der Waals surface area (Å²) < 4.78 is 0. The number of amides is 1. The lowest BCUT2D eigenvalue weighted by molar-refractivity contribution is -0.201.